The first-order valence-electron chi connectivity index (χ1n) is 9.12. The van der Waals surface area contributed by atoms with Gasteiger partial charge in [0.2, 0.25) is 5.75 Å². The Labute approximate surface area is 173 Å². The molecule has 2 heterocycles. The summed E-state index contributed by atoms with van der Waals surface area (Å²) in [5.74, 6) is 1.94. The van der Waals surface area contributed by atoms with Gasteiger partial charge < -0.3 is 24.1 Å². The average Bonchev–Trinajstić information content (AvgIpc) is 3.17. The molecule has 2 aromatic heterocycles. The second-order valence-corrected chi connectivity index (χ2v) is 6.41. The van der Waals surface area contributed by atoms with Crippen LogP contribution >= 0.6 is 0 Å². The Balaban J connectivity index is 1.95. The fourth-order valence-electron chi connectivity index (χ4n) is 3.37. The summed E-state index contributed by atoms with van der Waals surface area (Å²) in [7, 11) is 6.19. The lowest BCUT2D eigenvalue weighted by molar-refractivity contribution is 0.324. The number of ether oxygens (including phenoxy) is 4. The number of methoxy groups -OCH3 is 4. The maximum atomic E-state index is 10.2. The van der Waals surface area contributed by atoms with E-state index in [4.69, 9.17) is 24.0 Å². The van der Waals surface area contributed by atoms with Gasteiger partial charge in [-0.1, -0.05) is 0 Å². The van der Waals surface area contributed by atoms with Crippen molar-refractivity contribution in [1.82, 2.24) is 14.8 Å². The second-order valence-electron chi connectivity index (χ2n) is 6.41. The Morgan fingerprint density at radius 2 is 1.53 bits per heavy atom. The maximum Gasteiger partial charge on any atom is 0.203 e. The maximum absolute atomic E-state index is 10.2. The Morgan fingerprint density at radius 3 is 2.13 bits per heavy atom. The van der Waals surface area contributed by atoms with Gasteiger partial charge in [-0.25, -0.2) is 9.67 Å². The van der Waals surface area contributed by atoms with Gasteiger partial charge in [0, 0.05) is 29.3 Å². The molecule has 0 aliphatic rings. The Hall–Kier alpha value is -3.94. The summed E-state index contributed by atoms with van der Waals surface area (Å²) in [5, 5.41) is 15.8. The van der Waals surface area contributed by atoms with Crippen LogP contribution in [0.1, 0.15) is 0 Å². The molecule has 2 aromatic carbocycles. The Kier molecular flexibility index (Phi) is 5.05. The molecule has 0 fully saturated rings. The predicted molar refractivity (Wildman–Crippen MR) is 112 cm³/mol. The minimum absolute atomic E-state index is 0.0365. The van der Waals surface area contributed by atoms with Gasteiger partial charge >= 0.3 is 0 Å². The van der Waals surface area contributed by atoms with Crippen LogP contribution in [0.5, 0.6) is 28.7 Å². The number of nitrogens with zero attached hydrogens (tertiary/aromatic N) is 3. The molecule has 0 atom stereocenters. The number of hydrogen-bond acceptors (Lipinski definition) is 7. The number of aromatic hydroxyl groups is 1. The molecule has 0 saturated carbocycles. The lowest BCUT2D eigenvalue weighted by atomic mass is 10.1. The molecule has 8 heteroatoms. The van der Waals surface area contributed by atoms with Crippen LogP contribution in [0.2, 0.25) is 0 Å². The lowest BCUT2D eigenvalue weighted by Crippen LogP contribution is -2.01. The molecule has 0 bridgehead atoms. The first kappa shape index (κ1) is 19.4. The van der Waals surface area contributed by atoms with Crippen molar-refractivity contribution >= 4 is 11.0 Å². The molecule has 0 radical (unpaired) electrons. The molecule has 0 unspecified atom stereocenters. The highest BCUT2D eigenvalue weighted by molar-refractivity contribution is 5.92. The normalized spacial score (nSPS) is 10.8. The summed E-state index contributed by atoms with van der Waals surface area (Å²) in [5.41, 5.74) is 2.75. The van der Waals surface area contributed by atoms with Crippen molar-refractivity contribution < 1.29 is 24.1 Å². The molecule has 30 heavy (non-hydrogen) atoms. The summed E-state index contributed by atoms with van der Waals surface area (Å²) in [6, 6.07) is 12.5. The molecule has 0 spiro atoms. The van der Waals surface area contributed by atoms with Crippen LogP contribution in [0.25, 0.3) is 28.0 Å². The summed E-state index contributed by atoms with van der Waals surface area (Å²) in [6.45, 7) is 0. The topological polar surface area (TPSA) is 87.9 Å². The van der Waals surface area contributed by atoms with Crippen molar-refractivity contribution in [3.8, 4) is 45.7 Å². The van der Waals surface area contributed by atoms with Crippen molar-refractivity contribution in [2.24, 2.45) is 0 Å². The molecule has 4 rings (SSSR count). The van der Waals surface area contributed by atoms with E-state index in [0.717, 1.165) is 10.9 Å². The van der Waals surface area contributed by atoms with Crippen molar-refractivity contribution in [2.45, 2.75) is 0 Å². The van der Waals surface area contributed by atoms with Crippen LogP contribution in [-0.2, 0) is 0 Å². The van der Waals surface area contributed by atoms with E-state index in [1.165, 1.54) is 7.11 Å². The summed E-state index contributed by atoms with van der Waals surface area (Å²) < 4.78 is 23.2. The van der Waals surface area contributed by atoms with Crippen LogP contribution in [0.15, 0.2) is 48.7 Å². The first-order chi connectivity index (χ1) is 14.6. The van der Waals surface area contributed by atoms with Crippen LogP contribution in [-0.4, -0.2) is 48.3 Å². The molecule has 1 N–H and O–H groups in total. The molecule has 8 nitrogen and oxygen atoms in total. The fraction of sp³-hybridized carbons (Fsp3) is 0.182. The number of pyridine rings is 1. The van der Waals surface area contributed by atoms with Crippen molar-refractivity contribution in [3.05, 3.63) is 48.7 Å². The predicted octanol–water partition coefficient (Wildman–Crippen LogP) is 3.83. The Bertz CT molecular complexity index is 1190. The molecular weight excluding hydrogens is 386 g/mol. The third-order valence-electron chi connectivity index (χ3n) is 4.79. The number of aromatic nitrogens is 3. The molecule has 4 aromatic rings. The van der Waals surface area contributed by atoms with Gasteiger partial charge in [0.1, 0.15) is 5.69 Å². The number of benzene rings is 2. The van der Waals surface area contributed by atoms with Gasteiger partial charge in [-0.05, 0) is 30.3 Å². The lowest BCUT2D eigenvalue weighted by Gasteiger charge is -2.14. The highest BCUT2D eigenvalue weighted by Crippen LogP contribution is 2.40. The average molecular weight is 407 g/mol. The summed E-state index contributed by atoms with van der Waals surface area (Å²) >= 11 is 0. The van der Waals surface area contributed by atoms with E-state index in [1.807, 2.05) is 18.2 Å². The summed E-state index contributed by atoms with van der Waals surface area (Å²) in [6.07, 6.45) is 1.70. The van der Waals surface area contributed by atoms with E-state index in [0.29, 0.717) is 40.0 Å². The van der Waals surface area contributed by atoms with Gasteiger partial charge in [0.15, 0.2) is 28.6 Å². The number of rotatable bonds is 6. The molecular formula is C22H21N3O5. The molecule has 0 aliphatic carbocycles. The minimum atomic E-state index is 0.0365. The smallest absolute Gasteiger partial charge is 0.203 e. The van der Waals surface area contributed by atoms with Crippen LogP contribution in [0.3, 0.4) is 0 Å². The van der Waals surface area contributed by atoms with Crippen LogP contribution in [0.4, 0.5) is 0 Å². The van der Waals surface area contributed by atoms with Gasteiger partial charge in [0.25, 0.3) is 0 Å². The number of phenolic OH excluding ortho intramolecular Hbond substituents is 1. The van der Waals surface area contributed by atoms with Gasteiger partial charge in [-0.2, -0.15) is 5.10 Å². The highest BCUT2D eigenvalue weighted by atomic mass is 16.5. The standard InChI is InChI=1S/C22H21N3O5/c1-27-17-8-7-13(10-16(17)26)20-15-6-5-9-23-22(15)25(24-20)14-11-18(28-2)21(30-4)19(12-14)29-3/h5-12,26H,1-4H3. The third-order valence-corrected chi connectivity index (χ3v) is 4.79. The van der Waals surface area contributed by atoms with Crippen molar-refractivity contribution in [2.75, 3.05) is 28.4 Å². The first-order valence-corrected chi connectivity index (χ1v) is 9.12. The van der Waals surface area contributed by atoms with Gasteiger partial charge in [0.05, 0.1) is 34.1 Å². The fourth-order valence-corrected chi connectivity index (χ4v) is 3.37. The Morgan fingerprint density at radius 1 is 0.833 bits per heavy atom. The second kappa shape index (κ2) is 7.82. The summed E-state index contributed by atoms with van der Waals surface area (Å²) in [4.78, 5) is 4.51. The van der Waals surface area contributed by atoms with Crippen LogP contribution in [0, 0.1) is 0 Å². The van der Waals surface area contributed by atoms with E-state index in [2.05, 4.69) is 4.98 Å². The third kappa shape index (κ3) is 3.12. The van der Waals surface area contributed by atoms with E-state index >= 15 is 0 Å². The zero-order valence-corrected chi connectivity index (χ0v) is 17.0. The monoisotopic (exact) mass is 407 g/mol. The van der Waals surface area contributed by atoms with Crippen LogP contribution < -0.4 is 18.9 Å². The quantitative estimate of drug-likeness (QED) is 0.520. The largest absolute Gasteiger partial charge is 0.504 e. The van der Waals surface area contributed by atoms with Crippen molar-refractivity contribution in [1.29, 1.82) is 0 Å². The van der Waals surface area contributed by atoms with E-state index < -0.39 is 0 Å². The molecule has 0 saturated heterocycles. The minimum Gasteiger partial charge on any atom is -0.504 e. The van der Waals surface area contributed by atoms with Crippen molar-refractivity contribution in [3.63, 3.8) is 0 Å². The number of hydrogen-bond donors (Lipinski definition) is 1. The zero-order chi connectivity index (χ0) is 21.3. The van der Waals surface area contributed by atoms with Gasteiger partial charge in [-0.3, -0.25) is 0 Å². The molecule has 0 aliphatic heterocycles. The molecule has 154 valence electrons. The molecule has 0 amide bonds. The van der Waals surface area contributed by atoms with E-state index in [9.17, 15) is 5.11 Å². The van der Waals surface area contributed by atoms with E-state index in [1.54, 1.807) is 56.5 Å². The van der Waals surface area contributed by atoms with Gasteiger partial charge in [-0.15, -0.1) is 0 Å². The van der Waals surface area contributed by atoms with E-state index in [-0.39, 0.29) is 5.75 Å². The zero-order valence-electron chi connectivity index (χ0n) is 17.0. The highest BCUT2D eigenvalue weighted by Gasteiger charge is 2.19. The number of fused-ring (bicyclic) bond motifs is 1. The SMILES string of the molecule is COc1ccc(-c2nn(-c3cc(OC)c(OC)c(OC)c3)c3ncccc23)cc1O. The number of phenols is 1.